The maximum atomic E-state index is 9.99. The van der Waals surface area contributed by atoms with Gasteiger partial charge in [0.05, 0.1) is 48.8 Å². The van der Waals surface area contributed by atoms with Gasteiger partial charge in [0, 0.05) is 69.1 Å². The van der Waals surface area contributed by atoms with Gasteiger partial charge in [0.25, 0.3) is 0 Å². The Morgan fingerprint density at radius 3 is 0.347 bits per heavy atom. The second-order valence-electron chi connectivity index (χ2n) is 16.4. The largest absolute Gasteiger partial charge is 0.412 e. The molecule has 0 saturated carbocycles. The van der Waals surface area contributed by atoms with Gasteiger partial charge >= 0.3 is 0 Å². The molecule has 0 bridgehead atoms. The molecule has 8 unspecified atom stereocenters. The molecule has 0 radical (unpaired) electrons. The predicted molar refractivity (Wildman–Crippen MR) is 277 cm³/mol. The standard InChI is InChI=1S/4C15H16O2.2H2O.2Ti/c4*16-14(12-7-3-1-4-8-12)11-15(17)13-9-5-2-6-10-13;;;;/h4*1-10,14-17H,11H2;2*1H2;;. The number of benzene rings is 8. The van der Waals surface area contributed by atoms with E-state index in [0.717, 1.165) is 44.5 Å². The second kappa shape index (κ2) is 36.7. The zero-order valence-electron chi connectivity index (χ0n) is 40.1. The van der Waals surface area contributed by atoms with Gasteiger partial charge < -0.3 is 51.8 Å². The first-order valence-electron chi connectivity index (χ1n) is 22.9. The molecule has 0 aliphatic rings. The van der Waals surface area contributed by atoms with E-state index < -0.39 is 48.8 Å². The molecule has 8 atom stereocenters. The molecule has 0 aromatic heterocycles. The molecule has 0 heterocycles. The molecule has 376 valence electrons. The summed E-state index contributed by atoms with van der Waals surface area (Å²) in [7, 11) is 0. The van der Waals surface area contributed by atoms with Gasteiger partial charge in [0.1, 0.15) is 0 Å². The Hall–Kier alpha value is -5.21. The zero-order valence-corrected chi connectivity index (χ0v) is 43.2. The maximum absolute atomic E-state index is 9.99. The van der Waals surface area contributed by atoms with Crippen LogP contribution in [0, 0.1) is 0 Å². The van der Waals surface area contributed by atoms with Crippen molar-refractivity contribution in [3.8, 4) is 0 Å². The molecule has 0 amide bonds. The Kier molecular flexibility index (Phi) is 33.0. The van der Waals surface area contributed by atoms with E-state index in [1.807, 2.05) is 243 Å². The van der Waals surface area contributed by atoms with E-state index in [0.29, 0.717) is 25.7 Å². The Morgan fingerprint density at radius 1 is 0.181 bits per heavy atom. The van der Waals surface area contributed by atoms with Crippen molar-refractivity contribution in [2.75, 3.05) is 0 Å². The summed E-state index contributed by atoms with van der Waals surface area (Å²) >= 11 is 0. The Morgan fingerprint density at radius 2 is 0.264 bits per heavy atom. The van der Waals surface area contributed by atoms with Crippen LogP contribution in [0.15, 0.2) is 243 Å². The number of aliphatic hydroxyl groups excluding tert-OH is 8. The molecule has 10 nitrogen and oxygen atoms in total. The number of aliphatic hydroxyl groups is 8. The van der Waals surface area contributed by atoms with Crippen LogP contribution in [0.4, 0.5) is 0 Å². The van der Waals surface area contributed by atoms with Crippen LogP contribution in [-0.4, -0.2) is 51.8 Å². The van der Waals surface area contributed by atoms with E-state index >= 15 is 0 Å². The molecule has 0 aliphatic heterocycles. The molecule has 8 aromatic carbocycles. The first kappa shape index (κ1) is 64.8. The summed E-state index contributed by atoms with van der Waals surface area (Å²) in [6.07, 6.45) is -3.81. The molecule has 0 aliphatic carbocycles. The molecular formula is C60H68O10Ti2. The monoisotopic (exact) mass is 1040 g/mol. The van der Waals surface area contributed by atoms with Crippen molar-refractivity contribution in [3.63, 3.8) is 0 Å². The number of rotatable bonds is 16. The van der Waals surface area contributed by atoms with Gasteiger partial charge in [-0.2, -0.15) is 0 Å². The zero-order chi connectivity index (χ0) is 48.4. The van der Waals surface area contributed by atoms with Crippen molar-refractivity contribution in [1.82, 2.24) is 0 Å². The van der Waals surface area contributed by atoms with Gasteiger partial charge in [0.15, 0.2) is 0 Å². The second-order valence-corrected chi connectivity index (χ2v) is 16.4. The third kappa shape index (κ3) is 23.1. The van der Waals surface area contributed by atoms with Crippen LogP contribution in [0.3, 0.4) is 0 Å². The summed E-state index contributed by atoms with van der Waals surface area (Å²) in [6, 6.07) is 75.2. The molecule has 0 saturated heterocycles. The molecule has 8 aromatic rings. The van der Waals surface area contributed by atoms with Crippen LogP contribution in [0.25, 0.3) is 0 Å². The molecular weight excluding hydrogens is 976 g/mol. The summed E-state index contributed by atoms with van der Waals surface area (Å²) < 4.78 is 0. The van der Waals surface area contributed by atoms with Crippen molar-refractivity contribution in [1.29, 1.82) is 0 Å². The van der Waals surface area contributed by atoms with E-state index in [2.05, 4.69) is 0 Å². The topological polar surface area (TPSA) is 225 Å². The molecule has 72 heavy (non-hydrogen) atoms. The first-order valence-corrected chi connectivity index (χ1v) is 22.9. The predicted octanol–water partition coefficient (Wildman–Crippen LogP) is 9.72. The van der Waals surface area contributed by atoms with Crippen molar-refractivity contribution >= 4 is 0 Å². The average molecular weight is 1040 g/mol. The fraction of sp³-hybridized carbons (Fsp3) is 0.200. The van der Waals surface area contributed by atoms with Gasteiger partial charge in [-0.15, -0.1) is 0 Å². The third-order valence-corrected chi connectivity index (χ3v) is 11.3. The van der Waals surface area contributed by atoms with Crippen LogP contribution in [0.5, 0.6) is 0 Å². The molecule has 0 spiro atoms. The smallest absolute Gasteiger partial charge is 0.0818 e. The number of hydrogen-bond donors (Lipinski definition) is 8. The van der Waals surface area contributed by atoms with Crippen LogP contribution in [0.2, 0.25) is 0 Å². The summed E-state index contributed by atoms with van der Waals surface area (Å²) in [4.78, 5) is 0. The fourth-order valence-electron chi connectivity index (χ4n) is 7.34. The van der Waals surface area contributed by atoms with Crippen molar-refractivity contribution in [2.45, 2.75) is 74.5 Å². The summed E-state index contributed by atoms with van der Waals surface area (Å²) in [5.41, 5.74) is 6.69. The number of hydrogen-bond acceptors (Lipinski definition) is 8. The van der Waals surface area contributed by atoms with Gasteiger partial charge in [0.2, 0.25) is 0 Å². The fourth-order valence-corrected chi connectivity index (χ4v) is 7.34. The third-order valence-electron chi connectivity index (χ3n) is 11.3. The summed E-state index contributed by atoms with van der Waals surface area (Å²) in [6.45, 7) is 0. The van der Waals surface area contributed by atoms with Gasteiger partial charge in [-0.25, -0.2) is 0 Å². The van der Waals surface area contributed by atoms with Crippen molar-refractivity contribution in [3.05, 3.63) is 287 Å². The summed E-state index contributed by atoms with van der Waals surface area (Å²) in [5, 5.41) is 79.9. The van der Waals surface area contributed by atoms with E-state index in [1.54, 1.807) is 0 Å². The van der Waals surface area contributed by atoms with Crippen LogP contribution in [0.1, 0.15) is 119 Å². The van der Waals surface area contributed by atoms with E-state index in [4.69, 9.17) is 0 Å². The Balaban J connectivity index is 0.000000471. The quantitative estimate of drug-likeness (QED) is 0.0434. The van der Waals surface area contributed by atoms with E-state index in [-0.39, 0.29) is 54.4 Å². The van der Waals surface area contributed by atoms with Crippen molar-refractivity contribution in [2.24, 2.45) is 0 Å². The van der Waals surface area contributed by atoms with Gasteiger partial charge in [-0.05, 0) is 44.5 Å². The minimum absolute atomic E-state index is 0. The van der Waals surface area contributed by atoms with Crippen LogP contribution in [-0.2, 0) is 43.4 Å². The normalized spacial score (nSPS) is 13.4. The summed E-state index contributed by atoms with van der Waals surface area (Å²) in [5.74, 6) is 0. The van der Waals surface area contributed by atoms with Gasteiger partial charge in [-0.3, -0.25) is 0 Å². The maximum Gasteiger partial charge on any atom is 0.0818 e. The molecule has 12 N–H and O–H groups in total. The molecule has 12 heteroatoms. The van der Waals surface area contributed by atoms with Crippen LogP contribution >= 0.6 is 0 Å². The minimum atomic E-state index is -0.633. The minimum Gasteiger partial charge on any atom is -0.412 e. The Bertz CT molecular complexity index is 1960. The molecule has 0 fully saturated rings. The average Bonchev–Trinajstić information content (AvgIpc) is 3.41. The molecule has 8 rings (SSSR count). The SMILES string of the molecule is O.O.OC(CC(O)c1ccccc1)c1ccccc1.OC(CC(O)c1ccccc1)c1ccccc1.OC(CC(O)c1ccccc1)c1ccccc1.OC(CC(O)c1ccccc1)c1ccccc1.[Ti].[Ti]. The van der Waals surface area contributed by atoms with Crippen LogP contribution < -0.4 is 0 Å². The first-order chi connectivity index (χ1) is 33.1. The van der Waals surface area contributed by atoms with E-state index in [1.165, 1.54) is 0 Å². The van der Waals surface area contributed by atoms with Gasteiger partial charge in [-0.1, -0.05) is 243 Å². The van der Waals surface area contributed by atoms with Crippen molar-refractivity contribution < 1.29 is 95.2 Å². The Labute approximate surface area is 454 Å². The van der Waals surface area contributed by atoms with E-state index in [9.17, 15) is 40.9 Å².